The molecular weight excluding hydrogens is 1300 g/mol. The Balaban J connectivity index is 0.933. The molecule has 0 fully saturated rings. The number of aromatic nitrogens is 4. The maximum Gasteiger partial charge on any atom is 0.252 e. The smallest absolute Gasteiger partial charge is 0.252 e. The van der Waals surface area contributed by atoms with E-state index in [2.05, 4.69) is 262 Å². The van der Waals surface area contributed by atoms with Gasteiger partial charge in [0, 0.05) is 82.9 Å². The summed E-state index contributed by atoms with van der Waals surface area (Å²) in [5, 5.41) is 30.9. The van der Waals surface area contributed by atoms with Crippen LogP contribution in [0.1, 0.15) is 101 Å². The van der Waals surface area contributed by atoms with Crippen LogP contribution in [0.3, 0.4) is 0 Å². The van der Waals surface area contributed by atoms with Crippen molar-refractivity contribution in [1.29, 1.82) is 10.5 Å². The van der Waals surface area contributed by atoms with Crippen LogP contribution in [0.25, 0.3) is 121 Å². The monoisotopic (exact) mass is 1380 g/mol. The van der Waals surface area contributed by atoms with E-state index in [0.29, 0.717) is 45.3 Å². The largest absolute Gasteiger partial charge is 0.310 e. The van der Waals surface area contributed by atoms with Gasteiger partial charge in [0.1, 0.15) is 17.7 Å². The summed E-state index contributed by atoms with van der Waals surface area (Å²) in [6, 6.07) is 86.5. The van der Waals surface area contributed by atoms with Crippen molar-refractivity contribution >= 4 is 144 Å². The summed E-state index contributed by atoms with van der Waals surface area (Å²) in [6.45, 7) is 19.5. The van der Waals surface area contributed by atoms with E-state index in [9.17, 15) is 18.7 Å². The van der Waals surface area contributed by atoms with E-state index >= 15 is 0 Å². The number of rotatable bonds is 7. The number of hydrogen-bond acceptors (Lipinski definition) is 4. The molecule has 4 aromatic heterocycles. The van der Waals surface area contributed by atoms with Gasteiger partial charge in [-0.3, -0.25) is 0 Å². The van der Waals surface area contributed by atoms with Crippen molar-refractivity contribution in [2.45, 2.75) is 78.6 Å². The molecule has 0 saturated carbocycles. The molecule has 14 aromatic carbocycles. The molecule has 0 amide bonds. The van der Waals surface area contributed by atoms with Crippen LogP contribution in [-0.2, 0) is 16.2 Å². The Labute approximate surface area is 634 Å². The number of benzene rings is 14. The Bertz CT molecular complexity index is 7250. The quantitative estimate of drug-likeness (QED) is 0.149. The van der Waals surface area contributed by atoms with E-state index in [0.717, 1.165) is 121 Å². The van der Waals surface area contributed by atoms with Crippen molar-refractivity contribution in [3.05, 3.63) is 319 Å². The van der Waals surface area contributed by atoms with Crippen LogP contribution >= 0.6 is 0 Å². The first-order valence-electron chi connectivity index (χ1n) is 40.6. The molecule has 9 heteroatoms. The number of nitrogens with zero attached hydrogens (tertiary/aromatic N) is 8. The minimum Gasteiger partial charge on any atom is -0.310 e. The molecule has 510 valence electrons. The summed E-state index contributed by atoms with van der Waals surface area (Å²) < 4.78 is 83.7. The molecule has 8 nitrogen and oxygen atoms in total. The fourth-order valence-electron chi connectivity index (χ4n) is 17.4. The highest BCUT2D eigenvalue weighted by molar-refractivity contribution is 7.00. The molecule has 20 rings (SSSR count). The standard InChI is InChI=1S/C98H75BN8/c1-96(2,3)62-42-49-86-74(51-62)75-52-63(97(4,5)6)43-50-87(75)104(86)67-46-48-78-91(57-67)107(89-55-65(44-41-61(89)58-100)102-79-33-18-13-27-69(79)70-28-14-19-34-80(70)102)93-54-64(98(7,8)9)53-92-95(93)99(78)77-47-45-66(103-81-35-20-15-29-71(81)72-30-16-21-36-82(72)103)56-90(77)106(92)85-39-24-38-84(76(85)59-101)105-83-37-22-17-31-73(83)94-68(32-23-40-88(94)105)60-25-11-10-12-26-60/h10-57H,1-9H3/i15D,16D,20D,21D,29D,30D,35D,36D. The molecule has 2 aliphatic rings. The van der Waals surface area contributed by atoms with Crippen molar-refractivity contribution in [3.8, 4) is 46.0 Å². The zero-order chi connectivity index (χ0) is 79.6. The molecule has 0 unspecified atom stereocenters. The van der Waals surface area contributed by atoms with Crippen molar-refractivity contribution in [3.63, 3.8) is 0 Å². The molecule has 6 heterocycles. The summed E-state index contributed by atoms with van der Waals surface area (Å²) in [5.41, 5.74) is 20.4. The Hall–Kier alpha value is -13.1. The summed E-state index contributed by atoms with van der Waals surface area (Å²) in [7, 11) is 0. The summed E-state index contributed by atoms with van der Waals surface area (Å²) in [4.78, 5) is 4.48. The van der Waals surface area contributed by atoms with Gasteiger partial charge < -0.3 is 28.1 Å². The first-order chi connectivity index (χ1) is 55.2. The van der Waals surface area contributed by atoms with Crippen LogP contribution in [0.5, 0.6) is 0 Å². The number of hydrogen-bond donors (Lipinski definition) is 0. The zero-order valence-electron chi connectivity index (χ0n) is 68.7. The second-order valence-electron chi connectivity index (χ2n) is 31.7. The van der Waals surface area contributed by atoms with Crippen LogP contribution in [-0.4, -0.2) is 25.0 Å². The minimum atomic E-state index is -0.622. The Kier molecular flexibility index (Phi) is 12.0. The van der Waals surface area contributed by atoms with Crippen molar-refractivity contribution in [2.75, 3.05) is 9.80 Å². The van der Waals surface area contributed by atoms with Crippen LogP contribution in [0.15, 0.2) is 291 Å². The Morgan fingerprint density at radius 1 is 0.318 bits per heavy atom. The first kappa shape index (κ1) is 55.5. The normalized spacial score (nSPS) is 14.1. The molecular formula is C98H75BN8. The van der Waals surface area contributed by atoms with Gasteiger partial charge in [0.25, 0.3) is 6.71 Å². The van der Waals surface area contributed by atoms with Gasteiger partial charge in [-0.2, -0.15) is 10.5 Å². The van der Waals surface area contributed by atoms with E-state index in [1.807, 2.05) is 78.9 Å². The minimum absolute atomic E-state index is 0.0223. The summed E-state index contributed by atoms with van der Waals surface area (Å²) in [6.07, 6.45) is 0. The topological polar surface area (TPSA) is 73.8 Å². The molecule has 18 aromatic rings. The SMILES string of the molecule is [2H]c1c([2H])c([2H])c2c(c1[2H])c1c([2H])c([2H])c([2H])c([2H])c1n2-c1ccc2c(c1)N(c1cccc(-n3c4ccccc4c4c(-c5ccccc5)cccc43)c1C#N)c1cc(C(C)(C)C)cc3c1B2c1ccc(-n2c4ccc(C(C)(C)C)cc4c4cc(C(C)(C)C)ccc42)cc1N3c1cc(-n2c3ccccc3c3ccccc32)ccc1C#N. The fraction of sp³-hybridized carbons (Fsp3) is 0.122. The summed E-state index contributed by atoms with van der Waals surface area (Å²) in [5.74, 6) is 0. The third-order valence-corrected chi connectivity index (χ3v) is 22.5. The van der Waals surface area contributed by atoms with Gasteiger partial charge in [-0.15, -0.1) is 0 Å². The predicted molar refractivity (Wildman–Crippen MR) is 449 cm³/mol. The van der Waals surface area contributed by atoms with E-state index in [1.165, 1.54) is 11.1 Å². The summed E-state index contributed by atoms with van der Waals surface area (Å²) >= 11 is 0. The third kappa shape index (κ3) is 9.46. The second-order valence-corrected chi connectivity index (χ2v) is 31.7. The van der Waals surface area contributed by atoms with E-state index in [4.69, 9.17) is 2.74 Å². The zero-order valence-corrected chi connectivity index (χ0v) is 60.7. The number of para-hydroxylation sites is 5. The highest BCUT2D eigenvalue weighted by atomic mass is 15.2. The lowest BCUT2D eigenvalue weighted by Gasteiger charge is -2.45. The number of fused-ring (bicyclic) bond motifs is 16. The second kappa shape index (κ2) is 23.2. The van der Waals surface area contributed by atoms with Gasteiger partial charge in [0.2, 0.25) is 0 Å². The van der Waals surface area contributed by atoms with Gasteiger partial charge in [0.15, 0.2) is 0 Å². The van der Waals surface area contributed by atoms with Crippen LogP contribution in [0.4, 0.5) is 34.1 Å². The molecule has 0 atom stereocenters. The highest BCUT2D eigenvalue weighted by Gasteiger charge is 2.46. The van der Waals surface area contributed by atoms with Gasteiger partial charge in [0.05, 0.1) is 77.7 Å². The molecule has 0 bridgehead atoms. The lowest BCUT2D eigenvalue weighted by atomic mass is 9.33. The van der Waals surface area contributed by atoms with E-state index in [-0.39, 0.29) is 32.6 Å². The van der Waals surface area contributed by atoms with Crippen LogP contribution in [0.2, 0.25) is 0 Å². The molecule has 0 aliphatic carbocycles. The molecule has 0 spiro atoms. The highest BCUT2D eigenvalue weighted by Crippen LogP contribution is 2.51. The molecule has 0 N–H and O–H groups in total. The van der Waals surface area contributed by atoms with Crippen LogP contribution < -0.4 is 26.2 Å². The van der Waals surface area contributed by atoms with Crippen molar-refractivity contribution < 1.29 is 11.0 Å². The van der Waals surface area contributed by atoms with E-state index < -0.39 is 60.5 Å². The lowest BCUT2D eigenvalue weighted by molar-refractivity contribution is 0.590. The predicted octanol–water partition coefficient (Wildman–Crippen LogP) is 23.5. The molecule has 107 heavy (non-hydrogen) atoms. The number of anilines is 6. The average Bonchev–Trinajstić information content (AvgIpc) is 1.66. The maximum absolute atomic E-state index is 12.6. The van der Waals surface area contributed by atoms with Crippen molar-refractivity contribution in [2.24, 2.45) is 0 Å². The van der Waals surface area contributed by atoms with Gasteiger partial charge in [-0.05, 0) is 188 Å². The van der Waals surface area contributed by atoms with Gasteiger partial charge in [-0.1, -0.05) is 226 Å². The number of nitriles is 2. The van der Waals surface area contributed by atoms with E-state index in [1.54, 1.807) is 4.57 Å². The molecule has 2 aliphatic heterocycles. The first-order valence-corrected chi connectivity index (χ1v) is 36.6. The lowest BCUT2D eigenvalue weighted by Crippen LogP contribution is -2.61. The maximum atomic E-state index is 12.6. The fourth-order valence-corrected chi connectivity index (χ4v) is 17.4. The third-order valence-electron chi connectivity index (χ3n) is 22.5. The average molecular weight is 1380 g/mol. The van der Waals surface area contributed by atoms with Crippen molar-refractivity contribution in [1.82, 2.24) is 18.3 Å². The van der Waals surface area contributed by atoms with Gasteiger partial charge in [-0.25, -0.2) is 0 Å². The van der Waals surface area contributed by atoms with Gasteiger partial charge >= 0.3 is 0 Å². The molecule has 0 saturated heterocycles. The Morgan fingerprint density at radius 2 is 0.766 bits per heavy atom. The molecule has 0 radical (unpaired) electrons. The van der Waals surface area contributed by atoms with Crippen LogP contribution in [0, 0.1) is 22.7 Å². The Morgan fingerprint density at radius 3 is 1.31 bits per heavy atom.